The van der Waals surface area contributed by atoms with E-state index in [-0.39, 0.29) is 24.4 Å². The Bertz CT molecular complexity index is 628. The van der Waals surface area contributed by atoms with E-state index >= 15 is 0 Å². The summed E-state index contributed by atoms with van der Waals surface area (Å²) in [5, 5.41) is 2.80. The van der Waals surface area contributed by atoms with Gasteiger partial charge in [-0.1, -0.05) is 12.3 Å². The Labute approximate surface area is 144 Å². The zero-order valence-corrected chi connectivity index (χ0v) is 13.7. The molecule has 136 valence electrons. The molecule has 1 atom stereocenters. The highest BCUT2D eigenvalue weighted by Gasteiger charge is 2.29. The number of aromatic nitrogens is 1. The van der Waals surface area contributed by atoms with Crippen molar-refractivity contribution in [2.45, 2.75) is 38.0 Å². The average molecular weight is 355 g/mol. The molecule has 1 aromatic rings. The first-order chi connectivity index (χ1) is 11.9. The van der Waals surface area contributed by atoms with Crippen LogP contribution in [0, 0.1) is 12.3 Å². The van der Waals surface area contributed by atoms with Gasteiger partial charge in [0.2, 0.25) is 11.8 Å². The minimum atomic E-state index is -4.42. The van der Waals surface area contributed by atoms with Gasteiger partial charge in [-0.25, -0.2) is 4.98 Å². The molecule has 1 aromatic heterocycles. The third kappa shape index (κ3) is 6.27. The van der Waals surface area contributed by atoms with Gasteiger partial charge in [0.15, 0.2) is 6.61 Å². The SMILES string of the molecule is C#CCN1CCCC[C@@H]1C(=O)NCc1ccnc(OCC(F)(F)F)c1. The predicted octanol–water partition coefficient (Wildman–Crippen LogP) is 2.13. The third-order valence-electron chi connectivity index (χ3n) is 3.86. The molecule has 1 amide bonds. The molecular formula is C17H20F3N3O2. The topological polar surface area (TPSA) is 54.5 Å². The summed E-state index contributed by atoms with van der Waals surface area (Å²) in [6.45, 7) is -0.0151. The zero-order valence-electron chi connectivity index (χ0n) is 13.7. The number of piperidine rings is 1. The lowest BCUT2D eigenvalue weighted by molar-refractivity contribution is -0.154. The maximum atomic E-state index is 12.4. The third-order valence-corrected chi connectivity index (χ3v) is 3.86. The molecule has 5 nitrogen and oxygen atoms in total. The number of hydrogen-bond donors (Lipinski definition) is 1. The maximum absolute atomic E-state index is 12.4. The number of alkyl halides is 3. The number of carbonyl (C=O) groups excluding carboxylic acids is 1. The van der Waals surface area contributed by atoms with Gasteiger partial charge in [0.1, 0.15) is 0 Å². The molecule has 1 aliphatic heterocycles. The van der Waals surface area contributed by atoms with Gasteiger partial charge in [-0.2, -0.15) is 13.2 Å². The van der Waals surface area contributed by atoms with Crippen LogP contribution in [0.1, 0.15) is 24.8 Å². The van der Waals surface area contributed by atoms with E-state index in [0.717, 1.165) is 25.8 Å². The van der Waals surface area contributed by atoms with Crippen molar-refractivity contribution in [2.24, 2.45) is 0 Å². The van der Waals surface area contributed by atoms with Crippen LogP contribution in [-0.4, -0.2) is 47.7 Å². The maximum Gasteiger partial charge on any atom is 0.422 e. The summed E-state index contributed by atoms with van der Waals surface area (Å²) in [6.07, 6.45) is 4.97. The normalized spacial score (nSPS) is 18.4. The fourth-order valence-electron chi connectivity index (χ4n) is 2.70. The second-order valence-electron chi connectivity index (χ2n) is 5.81. The average Bonchev–Trinajstić information content (AvgIpc) is 2.58. The van der Waals surface area contributed by atoms with Crippen LogP contribution in [0.15, 0.2) is 18.3 Å². The quantitative estimate of drug-likeness (QED) is 0.795. The molecule has 0 bridgehead atoms. The van der Waals surface area contributed by atoms with E-state index in [9.17, 15) is 18.0 Å². The fourth-order valence-corrected chi connectivity index (χ4v) is 2.70. The van der Waals surface area contributed by atoms with E-state index in [1.165, 1.54) is 12.3 Å². The molecule has 1 saturated heterocycles. The van der Waals surface area contributed by atoms with E-state index < -0.39 is 12.8 Å². The van der Waals surface area contributed by atoms with Gasteiger partial charge in [-0.3, -0.25) is 9.69 Å². The first-order valence-electron chi connectivity index (χ1n) is 7.99. The van der Waals surface area contributed by atoms with Crippen molar-refractivity contribution in [1.82, 2.24) is 15.2 Å². The number of terminal acetylenes is 1. The molecule has 0 aromatic carbocycles. The summed E-state index contributed by atoms with van der Waals surface area (Å²) in [4.78, 5) is 18.1. The fraction of sp³-hybridized carbons (Fsp3) is 0.529. The van der Waals surface area contributed by atoms with Crippen molar-refractivity contribution in [3.63, 3.8) is 0 Å². The summed E-state index contributed by atoms with van der Waals surface area (Å²) in [5.74, 6) is 2.30. The number of hydrogen-bond acceptors (Lipinski definition) is 4. The number of pyridine rings is 1. The highest BCUT2D eigenvalue weighted by atomic mass is 19.4. The Morgan fingerprint density at radius 3 is 3.00 bits per heavy atom. The van der Waals surface area contributed by atoms with Crippen LogP contribution in [0.25, 0.3) is 0 Å². The number of nitrogens with zero attached hydrogens (tertiary/aromatic N) is 2. The van der Waals surface area contributed by atoms with Crippen molar-refractivity contribution >= 4 is 5.91 Å². The summed E-state index contributed by atoms with van der Waals surface area (Å²) in [7, 11) is 0. The molecule has 1 fully saturated rings. The van der Waals surface area contributed by atoms with Crippen LogP contribution in [0.5, 0.6) is 5.88 Å². The predicted molar refractivity (Wildman–Crippen MR) is 85.7 cm³/mol. The molecule has 0 spiro atoms. The molecule has 25 heavy (non-hydrogen) atoms. The van der Waals surface area contributed by atoms with Gasteiger partial charge >= 0.3 is 6.18 Å². The highest BCUT2D eigenvalue weighted by molar-refractivity contribution is 5.81. The molecule has 8 heteroatoms. The first-order valence-corrected chi connectivity index (χ1v) is 7.99. The first kappa shape index (κ1) is 19.1. The van der Waals surface area contributed by atoms with Crippen LogP contribution in [0.4, 0.5) is 13.2 Å². The number of likely N-dealkylation sites (tertiary alicyclic amines) is 1. The number of amides is 1. The Morgan fingerprint density at radius 2 is 2.28 bits per heavy atom. The Balaban J connectivity index is 1.89. The van der Waals surface area contributed by atoms with E-state index in [2.05, 4.69) is 21.0 Å². The van der Waals surface area contributed by atoms with Crippen LogP contribution in [-0.2, 0) is 11.3 Å². The summed E-state index contributed by atoms with van der Waals surface area (Å²) >= 11 is 0. The molecule has 2 heterocycles. The second-order valence-corrected chi connectivity index (χ2v) is 5.81. The molecule has 0 unspecified atom stereocenters. The number of ether oxygens (including phenoxy) is 1. The van der Waals surface area contributed by atoms with Crippen LogP contribution < -0.4 is 10.1 Å². The Kier molecular flexibility index (Phi) is 6.65. The smallest absolute Gasteiger partial charge is 0.422 e. The minimum absolute atomic E-state index is 0.129. The number of halogens is 3. The molecule has 1 N–H and O–H groups in total. The molecule has 0 saturated carbocycles. The van der Waals surface area contributed by atoms with Crippen molar-refractivity contribution in [1.29, 1.82) is 0 Å². The van der Waals surface area contributed by atoms with E-state index in [1.807, 2.05) is 4.90 Å². The summed E-state index contributed by atoms with van der Waals surface area (Å²) in [6, 6.07) is 2.72. The standard InChI is InChI=1S/C17H20F3N3O2/c1-2-8-23-9-4-3-5-14(23)16(24)22-11-13-6-7-21-15(10-13)25-12-17(18,19)20/h1,6-7,10,14H,3-5,8-9,11-12H2,(H,22,24)/t14-/m1/s1. The van der Waals surface area contributed by atoms with Crippen molar-refractivity contribution in [3.05, 3.63) is 23.9 Å². The van der Waals surface area contributed by atoms with Crippen LogP contribution >= 0.6 is 0 Å². The van der Waals surface area contributed by atoms with Gasteiger partial charge in [-0.15, -0.1) is 6.42 Å². The molecule has 0 radical (unpaired) electrons. The second kappa shape index (κ2) is 8.72. The van der Waals surface area contributed by atoms with E-state index in [0.29, 0.717) is 12.1 Å². The highest BCUT2D eigenvalue weighted by Crippen LogP contribution is 2.18. The van der Waals surface area contributed by atoms with Crippen LogP contribution in [0.3, 0.4) is 0 Å². The van der Waals surface area contributed by atoms with Crippen LogP contribution in [0.2, 0.25) is 0 Å². The van der Waals surface area contributed by atoms with Gasteiger partial charge in [0.05, 0.1) is 12.6 Å². The molecule has 1 aliphatic rings. The largest absolute Gasteiger partial charge is 0.468 e. The Hall–Kier alpha value is -2.27. The lowest BCUT2D eigenvalue weighted by atomic mass is 10.0. The molecular weight excluding hydrogens is 335 g/mol. The zero-order chi connectivity index (χ0) is 18.3. The summed E-state index contributed by atoms with van der Waals surface area (Å²) < 4.78 is 41.1. The Morgan fingerprint density at radius 1 is 1.48 bits per heavy atom. The van der Waals surface area contributed by atoms with Gasteiger partial charge in [0.25, 0.3) is 0 Å². The molecule has 0 aliphatic carbocycles. The molecule has 2 rings (SSSR count). The van der Waals surface area contributed by atoms with Crippen molar-refractivity contribution < 1.29 is 22.7 Å². The lowest BCUT2D eigenvalue weighted by Crippen LogP contribution is -2.49. The van der Waals surface area contributed by atoms with Gasteiger partial charge in [0, 0.05) is 18.8 Å². The number of rotatable bonds is 6. The van der Waals surface area contributed by atoms with Gasteiger partial charge < -0.3 is 10.1 Å². The monoisotopic (exact) mass is 355 g/mol. The summed E-state index contributed by atoms with van der Waals surface area (Å²) in [5.41, 5.74) is 0.611. The van der Waals surface area contributed by atoms with Crippen molar-refractivity contribution in [2.75, 3.05) is 19.7 Å². The van der Waals surface area contributed by atoms with Crippen molar-refractivity contribution in [3.8, 4) is 18.2 Å². The van der Waals surface area contributed by atoms with E-state index in [1.54, 1.807) is 6.07 Å². The van der Waals surface area contributed by atoms with E-state index in [4.69, 9.17) is 6.42 Å². The minimum Gasteiger partial charge on any atom is -0.468 e. The lowest BCUT2D eigenvalue weighted by Gasteiger charge is -2.33. The number of nitrogens with one attached hydrogen (secondary N) is 1. The van der Waals surface area contributed by atoms with Gasteiger partial charge in [-0.05, 0) is 31.0 Å². The number of carbonyl (C=O) groups is 1.